The van der Waals surface area contributed by atoms with Crippen LogP contribution in [0.1, 0.15) is 24.0 Å². The SMILES string of the molecule is NC(Cc1ccc(O)cc1)C(=O)NC(Cc1ccccc1)C(=O)NC(CCC(=O)O)C(=O)NCC(=O)O. The number of aromatic hydroxyl groups is 1. The summed E-state index contributed by atoms with van der Waals surface area (Å²) in [6.45, 7) is -0.714. The van der Waals surface area contributed by atoms with E-state index in [2.05, 4.69) is 16.0 Å². The van der Waals surface area contributed by atoms with Gasteiger partial charge in [-0.25, -0.2) is 0 Å². The average Bonchev–Trinajstić information content (AvgIpc) is 2.86. The minimum atomic E-state index is -1.34. The molecule has 2 rings (SSSR count). The van der Waals surface area contributed by atoms with Gasteiger partial charge in [0.2, 0.25) is 17.7 Å². The molecule has 0 radical (unpaired) electrons. The van der Waals surface area contributed by atoms with Gasteiger partial charge in [0.15, 0.2) is 0 Å². The van der Waals surface area contributed by atoms with Crippen molar-refractivity contribution >= 4 is 29.7 Å². The molecule has 2 aromatic rings. The molecule has 12 nitrogen and oxygen atoms in total. The molecule has 3 amide bonds. The Balaban J connectivity index is 2.17. The Morgan fingerprint density at radius 1 is 0.730 bits per heavy atom. The van der Waals surface area contributed by atoms with Crippen molar-refractivity contribution in [1.29, 1.82) is 0 Å². The highest BCUT2D eigenvalue weighted by Gasteiger charge is 2.29. The van der Waals surface area contributed by atoms with Crippen molar-refractivity contribution in [3.63, 3.8) is 0 Å². The molecule has 198 valence electrons. The Labute approximate surface area is 212 Å². The molecular weight excluding hydrogens is 484 g/mol. The standard InChI is InChI=1S/C25H30N4O8/c26-18(12-16-6-8-17(30)9-7-16)23(35)29-20(13-15-4-2-1-3-5-15)25(37)28-19(10-11-21(31)32)24(36)27-14-22(33)34/h1-9,18-20,30H,10-14,26H2,(H,27,36)(H,28,37)(H,29,35)(H,31,32)(H,33,34). The van der Waals surface area contributed by atoms with Gasteiger partial charge in [0, 0.05) is 12.8 Å². The van der Waals surface area contributed by atoms with Crippen LogP contribution in [0.25, 0.3) is 0 Å². The molecule has 0 heterocycles. The number of carboxylic acids is 2. The highest BCUT2D eigenvalue weighted by Crippen LogP contribution is 2.11. The van der Waals surface area contributed by atoms with Crippen LogP contribution in [0.2, 0.25) is 0 Å². The first-order chi connectivity index (χ1) is 17.5. The second-order valence-corrected chi connectivity index (χ2v) is 8.33. The lowest BCUT2D eigenvalue weighted by molar-refractivity contribution is -0.140. The van der Waals surface area contributed by atoms with Crippen LogP contribution in [0.5, 0.6) is 5.75 Å². The fourth-order valence-electron chi connectivity index (χ4n) is 3.41. The summed E-state index contributed by atoms with van der Waals surface area (Å²) in [6, 6.07) is 11.3. The zero-order valence-corrected chi connectivity index (χ0v) is 19.9. The molecule has 0 fully saturated rings. The van der Waals surface area contributed by atoms with Crippen LogP contribution in [-0.4, -0.2) is 69.7 Å². The first-order valence-electron chi connectivity index (χ1n) is 11.4. The maximum atomic E-state index is 13.2. The Morgan fingerprint density at radius 3 is 1.92 bits per heavy atom. The van der Waals surface area contributed by atoms with E-state index in [4.69, 9.17) is 15.9 Å². The minimum Gasteiger partial charge on any atom is -0.508 e. The Kier molecular flexibility index (Phi) is 11.0. The highest BCUT2D eigenvalue weighted by molar-refractivity contribution is 5.94. The third kappa shape index (κ3) is 10.4. The first kappa shape index (κ1) is 28.8. The fourth-order valence-corrected chi connectivity index (χ4v) is 3.41. The summed E-state index contributed by atoms with van der Waals surface area (Å²) in [5.74, 6) is -4.73. The molecular formula is C25H30N4O8. The van der Waals surface area contributed by atoms with E-state index in [1.54, 1.807) is 42.5 Å². The summed E-state index contributed by atoms with van der Waals surface area (Å²) in [5.41, 5.74) is 7.43. The molecule has 12 heteroatoms. The van der Waals surface area contributed by atoms with Gasteiger partial charge >= 0.3 is 11.9 Å². The van der Waals surface area contributed by atoms with Crippen molar-refractivity contribution < 1.29 is 39.3 Å². The van der Waals surface area contributed by atoms with E-state index < -0.39 is 60.8 Å². The third-order valence-corrected chi connectivity index (χ3v) is 5.34. The van der Waals surface area contributed by atoms with Crippen LogP contribution in [-0.2, 0) is 36.8 Å². The molecule has 8 N–H and O–H groups in total. The highest BCUT2D eigenvalue weighted by atomic mass is 16.4. The van der Waals surface area contributed by atoms with Crippen molar-refractivity contribution in [2.45, 2.75) is 43.8 Å². The van der Waals surface area contributed by atoms with Crippen molar-refractivity contribution in [2.24, 2.45) is 5.73 Å². The van der Waals surface area contributed by atoms with Crippen LogP contribution in [0, 0.1) is 0 Å². The molecule has 37 heavy (non-hydrogen) atoms. The maximum absolute atomic E-state index is 13.2. The molecule has 0 saturated carbocycles. The summed E-state index contributed by atoms with van der Waals surface area (Å²) in [4.78, 5) is 60.2. The zero-order chi connectivity index (χ0) is 27.4. The van der Waals surface area contributed by atoms with Crippen molar-refractivity contribution in [3.8, 4) is 5.75 Å². The number of aliphatic carboxylic acids is 2. The zero-order valence-electron chi connectivity index (χ0n) is 19.9. The fraction of sp³-hybridized carbons (Fsp3) is 0.320. The number of carbonyl (C=O) groups excluding carboxylic acids is 3. The number of hydrogen-bond donors (Lipinski definition) is 7. The summed E-state index contributed by atoms with van der Waals surface area (Å²) in [5, 5.41) is 34.3. The van der Waals surface area contributed by atoms with Gasteiger partial charge in [-0.05, 0) is 36.1 Å². The number of hydrogen-bond acceptors (Lipinski definition) is 7. The van der Waals surface area contributed by atoms with Crippen LogP contribution in [0.3, 0.4) is 0 Å². The summed E-state index contributed by atoms with van der Waals surface area (Å²) < 4.78 is 0. The minimum absolute atomic E-state index is 0.0484. The number of nitrogens with two attached hydrogens (primary N) is 1. The maximum Gasteiger partial charge on any atom is 0.322 e. The summed E-state index contributed by atoms with van der Waals surface area (Å²) in [6.07, 6.45) is -0.574. The number of phenols is 1. The normalized spacial score (nSPS) is 13.0. The molecule has 0 spiro atoms. The molecule has 0 bridgehead atoms. The molecule has 0 aromatic heterocycles. The average molecular weight is 515 g/mol. The number of amides is 3. The predicted octanol–water partition coefficient (Wildman–Crippen LogP) is -0.460. The van der Waals surface area contributed by atoms with Gasteiger partial charge in [-0.3, -0.25) is 24.0 Å². The lowest BCUT2D eigenvalue weighted by Crippen LogP contribution is -2.57. The van der Waals surface area contributed by atoms with Gasteiger partial charge in [-0.15, -0.1) is 0 Å². The number of carbonyl (C=O) groups is 5. The van der Waals surface area contributed by atoms with E-state index in [0.717, 1.165) is 0 Å². The van der Waals surface area contributed by atoms with E-state index >= 15 is 0 Å². The Morgan fingerprint density at radius 2 is 1.32 bits per heavy atom. The second kappa shape index (κ2) is 14.2. The van der Waals surface area contributed by atoms with Gasteiger partial charge in [0.05, 0.1) is 6.04 Å². The van der Waals surface area contributed by atoms with Gasteiger partial charge in [0.25, 0.3) is 0 Å². The van der Waals surface area contributed by atoms with E-state index in [9.17, 15) is 29.1 Å². The van der Waals surface area contributed by atoms with E-state index in [0.29, 0.717) is 11.1 Å². The molecule has 2 aromatic carbocycles. The van der Waals surface area contributed by atoms with Gasteiger partial charge in [-0.2, -0.15) is 0 Å². The number of nitrogens with one attached hydrogen (secondary N) is 3. The van der Waals surface area contributed by atoms with Crippen molar-refractivity contribution in [3.05, 3.63) is 65.7 Å². The van der Waals surface area contributed by atoms with E-state index in [-0.39, 0.29) is 25.0 Å². The molecule has 0 saturated heterocycles. The van der Waals surface area contributed by atoms with Gasteiger partial charge in [0.1, 0.15) is 24.4 Å². The quantitative estimate of drug-likeness (QED) is 0.174. The van der Waals surface area contributed by atoms with E-state index in [1.807, 2.05) is 0 Å². The number of benzene rings is 2. The monoisotopic (exact) mass is 514 g/mol. The number of carboxylic acid groups (broad SMARTS) is 2. The van der Waals surface area contributed by atoms with Crippen LogP contribution in [0.4, 0.5) is 0 Å². The second-order valence-electron chi connectivity index (χ2n) is 8.33. The lowest BCUT2D eigenvalue weighted by atomic mass is 10.0. The van der Waals surface area contributed by atoms with Gasteiger partial charge in [-0.1, -0.05) is 42.5 Å². The molecule has 3 atom stereocenters. The molecule has 0 aliphatic rings. The Hall–Kier alpha value is -4.45. The number of phenolic OH excluding ortho intramolecular Hbond substituents is 1. The van der Waals surface area contributed by atoms with Crippen LogP contribution >= 0.6 is 0 Å². The van der Waals surface area contributed by atoms with Crippen molar-refractivity contribution in [1.82, 2.24) is 16.0 Å². The summed E-state index contributed by atoms with van der Waals surface area (Å²) in [7, 11) is 0. The topological polar surface area (TPSA) is 208 Å². The number of rotatable bonds is 14. The lowest BCUT2D eigenvalue weighted by Gasteiger charge is -2.24. The first-order valence-corrected chi connectivity index (χ1v) is 11.4. The third-order valence-electron chi connectivity index (χ3n) is 5.34. The Bertz CT molecular complexity index is 1090. The van der Waals surface area contributed by atoms with E-state index in [1.165, 1.54) is 12.1 Å². The van der Waals surface area contributed by atoms with Crippen molar-refractivity contribution in [2.75, 3.05) is 6.54 Å². The van der Waals surface area contributed by atoms with Gasteiger partial charge < -0.3 is 37.0 Å². The van der Waals surface area contributed by atoms with Crippen LogP contribution < -0.4 is 21.7 Å². The predicted molar refractivity (Wildman–Crippen MR) is 131 cm³/mol. The largest absolute Gasteiger partial charge is 0.508 e. The van der Waals surface area contributed by atoms with Crippen LogP contribution in [0.15, 0.2) is 54.6 Å². The molecule has 0 aliphatic heterocycles. The molecule has 3 unspecified atom stereocenters. The smallest absolute Gasteiger partial charge is 0.322 e. The summed E-state index contributed by atoms with van der Waals surface area (Å²) >= 11 is 0. The molecule has 0 aliphatic carbocycles.